The van der Waals surface area contributed by atoms with Crippen molar-refractivity contribution in [2.24, 2.45) is 0 Å². The van der Waals surface area contributed by atoms with Crippen molar-refractivity contribution in [1.82, 2.24) is 0 Å². The normalized spacial score (nSPS) is 9.43. The molecule has 0 spiro atoms. The molecular weight excluding hydrogens is 395 g/mol. The molecule has 0 heterocycles. The molecule has 23 heavy (non-hydrogen) atoms. The van der Waals surface area contributed by atoms with Crippen molar-refractivity contribution in [2.45, 2.75) is 110 Å². The summed E-state index contributed by atoms with van der Waals surface area (Å²) in [4.78, 5) is 10.3. The van der Waals surface area contributed by atoms with E-state index in [0.29, 0.717) is 6.42 Å². The summed E-state index contributed by atoms with van der Waals surface area (Å²) in [6.07, 6.45) is 20.2. The number of rotatable bonds is 16. The molecule has 0 aromatic rings. The van der Waals surface area contributed by atoms with Crippen LogP contribution in [0.2, 0.25) is 0 Å². The molecule has 0 rings (SSSR count). The Balaban J connectivity index is -0.000000602. The Morgan fingerprint density at radius 3 is 1.13 bits per heavy atom. The van der Waals surface area contributed by atoms with Crippen LogP contribution in [-0.4, -0.2) is 16.6 Å². The minimum absolute atomic E-state index is 0. The van der Waals surface area contributed by atoms with Crippen LogP contribution in [0.5, 0.6) is 0 Å². The van der Waals surface area contributed by atoms with Crippen LogP contribution in [0.15, 0.2) is 0 Å². The molecular formula is C18H38O3Zn2. The fraction of sp³-hybridized carbons (Fsp3) is 0.944. The maximum atomic E-state index is 10.3. The van der Waals surface area contributed by atoms with E-state index in [9.17, 15) is 4.79 Å². The van der Waals surface area contributed by atoms with E-state index in [4.69, 9.17) is 5.11 Å². The van der Waals surface area contributed by atoms with Crippen LogP contribution in [0.1, 0.15) is 110 Å². The van der Waals surface area contributed by atoms with Crippen molar-refractivity contribution in [3.63, 3.8) is 0 Å². The predicted octanol–water partition coefficient (Wildman–Crippen LogP) is 5.50. The van der Waals surface area contributed by atoms with Gasteiger partial charge in [-0.15, -0.1) is 0 Å². The Kier molecular flexibility index (Phi) is 37.6. The summed E-state index contributed by atoms with van der Waals surface area (Å²) in [5.74, 6) is -0.653. The minimum atomic E-state index is -0.653. The average molecular weight is 433 g/mol. The third kappa shape index (κ3) is 31.0. The summed E-state index contributed by atoms with van der Waals surface area (Å²) in [5, 5.41) is 8.52. The van der Waals surface area contributed by atoms with Gasteiger partial charge in [0, 0.05) is 45.4 Å². The first-order valence-electron chi connectivity index (χ1n) is 8.99. The summed E-state index contributed by atoms with van der Waals surface area (Å²) in [6.45, 7) is 2.27. The van der Waals surface area contributed by atoms with Crippen LogP contribution in [0.3, 0.4) is 0 Å². The summed E-state index contributed by atoms with van der Waals surface area (Å²) >= 11 is 0. The van der Waals surface area contributed by atoms with Gasteiger partial charge in [-0.1, -0.05) is 96.8 Å². The smallest absolute Gasteiger partial charge is 0.303 e. The van der Waals surface area contributed by atoms with E-state index in [1.807, 2.05) is 0 Å². The fourth-order valence-corrected chi connectivity index (χ4v) is 2.65. The Labute approximate surface area is 169 Å². The fourth-order valence-electron chi connectivity index (χ4n) is 2.65. The number of carbonyl (C=O) groups is 1. The monoisotopic (exact) mass is 430 g/mol. The molecule has 0 bridgehead atoms. The van der Waals surface area contributed by atoms with Gasteiger partial charge in [0.25, 0.3) is 0 Å². The van der Waals surface area contributed by atoms with E-state index in [1.165, 1.54) is 83.5 Å². The largest absolute Gasteiger partial charge is 0.481 e. The van der Waals surface area contributed by atoms with Crippen LogP contribution < -0.4 is 0 Å². The molecule has 0 aromatic heterocycles. The molecule has 3 N–H and O–H groups in total. The standard InChI is InChI=1S/C18H36O2.H2O.2Zn/c1-2-3-4-5-6-7-8-9-10-11-12-13-14-15-16-17-18(19)20;;;/h2-17H2,1H3,(H,19,20);1H2;;. The number of aliphatic carboxylic acids is 1. The Morgan fingerprint density at radius 1 is 0.609 bits per heavy atom. The van der Waals surface area contributed by atoms with Crippen molar-refractivity contribution in [2.75, 3.05) is 0 Å². The predicted molar refractivity (Wildman–Crippen MR) is 90.8 cm³/mol. The third-order valence-electron chi connectivity index (χ3n) is 3.99. The Morgan fingerprint density at radius 2 is 0.870 bits per heavy atom. The maximum absolute atomic E-state index is 10.3. The molecule has 0 aliphatic heterocycles. The second-order valence-electron chi connectivity index (χ2n) is 6.09. The van der Waals surface area contributed by atoms with E-state index in [-0.39, 0.29) is 44.4 Å². The van der Waals surface area contributed by atoms with Gasteiger partial charge in [-0.2, -0.15) is 0 Å². The second-order valence-corrected chi connectivity index (χ2v) is 6.09. The van der Waals surface area contributed by atoms with Crippen LogP contribution >= 0.6 is 0 Å². The van der Waals surface area contributed by atoms with Crippen molar-refractivity contribution < 1.29 is 54.3 Å². The van der Waals surface area contributed by atoms with Crippen molar-refractivity contribution in [1.29, 1.82) is 0 Å². The minimum Gasteiger partial charge on any atom is -0.481 e. The summed E-state index contributed by atoms with van der Waals surface area (Å²) in [5.41, 5.74) is 0. The molecule has 0 aliphatic rings. The molecule has 0 saturated carbocycles. The van der Waals surface area contributed by atoms with E-state index in [0.717, 1.165) is 12.8 Å². The van der Waals surface area contributed by atoms with Gasteiger partial charge < -0.3 is 10.6 Å². The first-order chi connectivity index (χ1) is 9.77. The number of carboxylic acids is 1. The Hall–Kier alpha value is 0.677. The van der Waals surface area contributed by atoms with Gasteiger partial charge in [0.15, 0.2) is 0 Å². The molecule has 0 amide bonds. The number of carboxylic acid groups (broad SMARTS) is 1. The quantitative estimate of drug-likeness (QED) is 0.258. The van der Waals surface area contributed by atoms with E-state index in [1.54, 1.807) is 0 Å². The summed E-state index contributed by atoms with van der Waals surface area (Å²) < 4.78 is 0. The molecule has 0 aliphatic carbocycles. The zero-order valence-corrected chi connectivity index (χ0v) is 21.5. The van der Waals surface area contributed by atoms with Gasteiger partial charge in [-0.05, 0) is 6.42 Å². The second kappa shape index (κ2) is 27.5. The van der Waals surface area contributed by atoms with Crippen molar-refractivity contribution in [3.8, 4) is 0 Å². The molecule has 3 nitrogen and oxygen atoms in total. The first-order valence-corrected chi connectivity index (χ1v) is 8.99. The van der Waals surface area contributed by atoms with Gasteiger partial charge >= 0.3 is 5.97 Å². The zero-order chi connectivity index (χ0) is 14.9. The molecule has 0 aromatic carbocycles. The van der Waals surface area contributed by atoms with E-state index in [2.05, 4.69) is 6.92 Å². The van der Waals surface area contributed by atoms with Crippen LogP contribution in [0.25, 0.3) is 0 Å². The average Bonchev–Trinajstić information content (AvgIpc) is 2.43. The van der Waals surface area contributed by atoms with E-state index >= 15 is 0 Å². The molecule has 0 fully saturated rings. The molecule has 5 heteroatoms. The molecule has 0 unspecified atom stereocenters. The number of hydrogen-bond donors (Lipinski definition) is 1. The molecule has 0 atom stereocenters. The maximum Gasteiger partial charge on any atom is 0.303 e. The zero-order valence-electron chi connectivity index (χ0n) is 15.6. The molecule has 0 radical (unpaired) electrons. The number of hydrogen-bond acceptors (Lipinski definition) is 1. The van der Waals surface area contributed by atoms with Gasteiger partial charge in [0.2, 0.25) is 0 Å². The summed E-state index contributed by atoms with van der Waals surface area (Å²) in [6, 6.07) is 0. The van der Waals surface area contributed by atoms with Gasteiger partial charge in [-0.25, -0.2) is 0 Å². The van der Waals surface area contributed by atoms with Gasteiger partial charge in [0.1, 0.15) is 0 Å². The topological polar surface area (TPSA) is 68.8 Å². The van der Waals surface area contributed by atoms with Crippen LogP contribution in [0, 0.1) is 0 Å². The molecule has 0 saturated heterocycles. The first kappa shape index (κ1) is 31.4. The van der Waals surface area contributed by atoms with Gasteiger partial charge in [-0.3, -0.25) is 4.79 Å². The third-order valence-corrected chi connectivity index (χ3v) is 3.99. The van der Waals surface area contributed by atoms with Crippen molar-refractivity contribution >= 4 is 5.97 Å². The van der Waals surface area contributed by atoms with Crippen LogP contribution in [0.4, 0.5) is 0 Å². The van der Waals surface area contributed by atoms with E-state index < -0.39 is 5.97 Å². The number of unbranched alkanes of at least 4 members (excludes halogenated alkanes) is 14. The molecule has 132 valence electrons. The summed E-state index contributed by atoms with van der Waals surface area (Å²) in [7, 11) is 0. The SMILES string of the molecule is CCCCCCCCCCCCCCCCCC(=O)O.O.[Zn].[Zn]. The van der Waals surface area contributed by atoms with Crippen molar-refractivity contribution in [3.05, 3.63) is 0 Å². The van der Waals surface area contributed by atoms with Crippen LogP contribution in [-0.2, 0) is 43.8 Å². The Bertz CT molecular complexity index is 214. The van der Waals surface area contributed by atoms with Gasteiger partial charge in [0.05, 0.1) is 0 Å².